The van der Waals surface area contributed by atoms with Crippen LogP contribution in [0.5, 0.6) is 0 Å². The highest BCUT2D eigenvalue weighted by Crippen LogP contribution is 2.58. The molecule has 180 valence electrons. The van der Waals surface area contributed by atoms with Crippen LogP contribution >= 0.6 is 11.3 Å². The van der Waals surface area contributed by atoms with Crippen molar-refractivity contribution in [2.24, 2.45) is 4.99 Å². The third kappa shape index (κ3) is 3.58. The molecular formula is C31H33NO2S. The molecule has 5 rings (SSSR count). The Hall–Kier alpha value is -2.79. The van der Waals surface area contributed by atoms with Crippen LogP contribution in [0.25, 0.3) is 20.5 Å². The number of methoxy groups -OCH3 is 1. The second-order valence-corrected chi connectivity index (χ2v) is 11.1. The van der Waals surface area contributed by atoms with E-state index in [-0.39, 0.29) is 24.0 Å². The second-order valence-electron chi connectivity index (χ2n) is 10.0. The van der Waals surface area contributed by atoms with Crippen molar-refractivity contribution in [2.45, 2.75) is 44.6 Å². The molecule has 1 N–H and O–H groups in total. The average Bonchev–Trinajstić information content (AvgIpc) is 3.33. The molecule has 0 saturated carbocycles. The van der Waals surface area contributed by atoms with Crippen LogP contribution in [0.3, 0.4) is 0 Å². The van der Waals surface area contributed by atoms with Crippen molar-refractivity contribution in [2.75, 3.05) is 20.3 Å². The first-order valence-corrected chi connectivity index (χ1v) is 13.0. The maximum Gasteiger partial charge on any atom is 0.0805 e. The molecule has 2 aromatic carbocycles. The number of allylic oxidation sites excluding steroid dienone is 3. The van der Waals surface area contributed by atoms with E-state index in [1.165, 1.54) is 42.8 Å². The summed E-state index contributed by atoms with van der Waals surface area (Å²) < 4.78 is 6.74. The van der Waals surface area contributed by atoms with Crippen molar-refractivity contribution in [1.29, 1.82) is 0 Å². The topological polar surface area (TPSA) is 41.8 Å². The van der Waals surface area contributed by atoms with Crippen molar-refractivity contribution in [3.8, 4) is 10.4 Å². The van der Waals surface area contributed by atoms with Crippen LogP contribution in [0.2, 0.25) is 0 Å². The van der Waals surface area contributed by atoms with Crippen LogP contribution in [0.4, 0.5) is 0 Å². The van der Waals surface area contributed by atoms with Crippen LogP contribution < -0.4 is 0 Å². The number of aliphatic hydroxyl groups excluding tert-OH is 1. The summed E-state index contributed by atoms with van der Waals surface area (Å²) in [5, 5.41) is 11.4. The van der Waals surface area contributed by atoms with Crippen molar-refractivity contribution in [3.63, 3.8) is 0 Å². The molecule has 0 bridgehead atoms. The molecule has 0 spiro atoms. The first kappa shape index (κ1) is 23.9. The third-order valence-corrected chi connectivity index (χ3v) is 8.69. The van der Waals surface area contributed by atoms with Gasteiger partial charge in [0.2, 0.25) is 0 Å². The molecule has 0 radical (unpaired) electrons. The summed E-state index contributed by atoms with van der Waals surface area (Å²) in [7, 11) is 1.68. The van der Waals surface area contributed by atoms with Gasteiger partial charge < -0.3 is 9.84 Å². The molecular weight excluding hydrogens is 450 g/mol. The van der Waals surface area contributed by atoms with Gasteiger partial charge in [-0.25, -0.2) is 0 Å². The van der Waals surface area contributed by atoms with E-state index >= 15 is 0 Å². The van der Waals surface area contributed by atoms with E-state index in [9.17, 15) is 5.11 Å². The summed E-state index contributed by atoms with van der Waals surface area (Å²) in [5.41, 5.74) is 9.04. The highest BCUT2D eigenvalue weighted by atomic mass is 32.1. The Kier molecular flexibility index (Phi) is 6.16. The number of nitrogens with zero attached hydrogens (tertiary/aromatic N) is 1. The fraction of sp³-hybridized carbons (Fsp3) is 0.323. The van der Waals surface area contributed by atoms with Gasteiger partial charge in [-0.1, -0.05) is 69.5 Å². The number of hydrogen-bond acceptors (Lipinski definition) is 4. The zero-order valence-corrected chi connectivity index (χ0v) is 21.8. The van der Waals surface area contributed by atoms with Gasteiger partial charge in [-0.2, -0.15) is 0 Å². The van der Waals surface area contributed by atoms with E-state index in [1.54, 1.807) is 7.11 Å². The SMILES string of the molecule is C=C(/C=C\C)C1=NC(C(=C)COC)C(CCO)c2ccc3c(c21)-c1sc2ccccc2c1C3(C)C. The Balaban J connectivity index is 1.84. The molecule has 2 aliphatic rings. The zero-order chi connectivity index (χ0) is 24.9. The van der Waals surface area contributed by atoms with Crippen LogP contribution in [0.1, 0.15) is 55.4 Å². The molecule has 4 heteroatoms. The molecule has 35 heavy (non-hydrogen) atoms. The Morgan fingerprint density at radius 2 is 1.94 bits per heavy atom. The number of benzene rings is 2. The summed E-state index contributed by atoms with van der Waals surface area (Å²) in [4.78, 5) is 6.63. The fourth-order valence-electron chi connectivity index (χ4n) is 6.00. The highest BCUT2D eigenvalue weighted by Gasteiger charge is 2.43. The molecule has 3 nitrogen and oxygen atoms in total. The van der Waals surface area contributed by atoms with Gasteiger partial charge in [-0.3, -0.25) is 4.99 Å². The largest absolute Gasteiger partial charge is 0.396 e. The Bertz CT molecular complexity index is 1400. The Morgan fingerprint density at radius 1 is 1.17 bits per heavy atom. The number of rotatable bonds is 7. The number of hydrogen-bond donors (Lipinski definition) is 1. The molecule has 0 amide bonds. The monoisotopic (exact) mass is 483 g/mol. The first-order valence-electron chi connectivity index (χ1n) is 12.2. The lowest BCUT2D eigenvalue weighted by atomic mass is 9.74. The normalized spacial score (nSPS) is 20.0. The van der Waals surface area contributed by atoms with Gasteiger partial charge in [0, 0.05) is 45.8 Å². The lowest BCUT2D eigenvalue weighted by Crippen LogP contribution is -2.31. The summed E-state index contributed by atoms with van der Waals surface area (Å²) >= 11 is 1.87. The number of aliphatic imine (C=N–C) groups is 1. The van der Waals surface area contributed by atoms with E-state index in [2.05, 4.69) is 63.4 Å². The molecule has 0 saturated heterocycles. The Labute approximate surface area is 212 Å². The summed E-state index contributed by atoms with van der Waals surface area (Å²) in [6.45, 7) is 15.9. The molecule has 2 heterocycles. The minimum Gasteiger partial charge on any atom is -0.396 e. The van der Waals surface area contributed by atoms with E-state index in [4.69, 9.17) is 9.73 Å². The van der Waals surface area contributed by atoms with Crippen LogP contribution in [0, 0.1) is 0 Å². The van der Waals surface area contributed by atoms with Gasteiger partial charge in [0.15, 0.2) is 0 Å². The third-order valence-electron chi connectivity index (χ3n) is 7.50. The van der Waals surface area contributed by atoms with E-state index in [0.717, 1.165) is 16.9 Å². The number of fused-ring (bicyclic) bond motifs is 7. The lowest BCUT2D eigenvalue weighted by Gasteiger charge is -2.35. The van der Waals surface area contributed by atoms with Crippen molar-refractivity contribution >= 4 is 27.1 Å². The lowest BCUT2D eigenvalue weighted by molar-refractivity contribution is 0.215. The molecule has 2 atom stereocenters. The summed E-state index contributed by atoms with van der Waals surface area (Å²) in [5.74, 6) is 0.0339. The van der Waals surface area contributed by atoms with Crippen molar-refractivity contribution < 1.29 is 9.84 Å². The van der Waals surface area contributed by atoms with E-state index < -0.39 is 0 Å². The zero-order valence-electron chi connectivity index (χ0n) is 21.0. The molecule has 0 fully saturated rings. The molecule has 1 aromatic heterocycles. The minimum absolute atomic E-state index is 0.0339. The van der Waals surface area contributed by atoms with Crippen molar-refractivity contribution in [3.05, 3.63) is 95.1 Å². The van der Waals surface area contributed by atoms with E-state index in [0.29, 0.717) is 13.0 Å². The average molecular weight is 484 g/mol. The van der Waals surface area contributed by atoms with Gasteiger partial charge in [-0.05, 0) is 52.6 Å². The maximum absolute atomic E-state index is 10.0. The molecule has 2 unspecified atom stereocenters. The molecule has 1 aliphatic heterocycles. The van der Waals surface area contributed by atoms with Crippen LogP contribution in [0.15, 0.2) is 77.8 Å². The first-order chi connectivity index (χ1) is 16.8. The predicted octanol–water partition coefficient (Wildman–Crippen LogP) is 7.18. The molecule has 1 aliphatic carbocycles. The fourth-order valence-corrected chi connectivity index (χ4v) is 7.43. The standard InChI is InChI=1S/C31H33NO2S/c1-7-10-18(2)29-25-20(21(15-16-33)28(32-29)19(3)17-34-6)13-14-23-26(25)30-27(31(23,4)5)22-11-8-9-12-24(22)35-30/h7-14,21,28,33H,2-3,15-17H2,1,4-6H3/b10-7-. The van der Waals surface area contributed by atoms with Gasteiger partial charge in [0.05, 0.1) is 18.4 Å². The van der Waals surface area contributed by atoms with Crippen molar-refractivity contribution in [1.82, 2.24) is 0 Å². The smallest absolute Gasteiger partial charge is 0.0805 e. The van der Waals surface area contributed by atoms with Gasteiger partial charge in [0.25, 0.3) is 0 Å². The van der Waals surface area contributed by atoms with Crippen LogP contribution in [-0.2, 0) is 10.2 Å². The number of thiophene rings is 1. The van der Waals surface area contributed by atoms with E-state index in [1.807, 2.05) is 30.4 Å². The van der Waals surface area contributed by atoms with Gasteiger partial charge in [-0.15, -0.1) is 11.3 Å². The minimum atomic E-state index is -0.166. The predicted molar refractivity (Wildman–Crippen MR) is 149 cm³/mol. The second kappa shape index (κ2) is 9.02. The molecule has 3 aromatic rings. The van der Waals surface area contributed by atoms with Gasteiger partial charge >= 0.3 is 0 Å². The summed E-state index contributed by atoms with van der Waals surface area (Å²) in [6, 6.07) is 13.1. The van der Waals surface area contributed by atoms with Gasteiger partial charge in [0.1, 0.15) is 0 Å². The maximum atomic E-state index is 10.0. The van der Waals surface area contributed by atoms with Crippen LogP contribution in [-0.4, -0.2) is 37.2 Å². The summed E-state index contributed by atoms with van der Waals surface area (Å²) in [6.07, 6.45) is 4.67. The quantitative estimate of drug-likeness (QED) is 0.286. The highest BCUT2D eigenvalue weighted by molar-refractivity contribution is 7.22. The number of aliphatic hydroxyl groups is 1. The Morgan fingerprint density at radius 3 is 2.66 bits per heavy atom. The number of ether oxygens (including phenoxy) is 1.